The number of hydrogen-bond donors (Lipinski definition) is 2. The van der Waals surface area contributed by atoms with Gasteiger partial charge < -0.3 is 19.3 Å². The third-order valence-electron chi connectivity index (χ3n) is 4.46. The van der Waals surface area contributed by atoms with Crippen molar-refractivity contribution in [2.75, 3.05) is 13.2 Å². The van der Waals surface area contributed by atoms with Crippen LogP contribution in [0.15, 0.2) is 59.7 Å². The molecule has 0 fully saturated rings. The Morgan fingerprint density at radius 3 is 2.69 bits per heavy atom. The van der Waals surface area contributed by atoms with Gasteiger partial charge in [-0.25, -0.2) is 5.43 Å². The highest BCUT2D eigenvalue weighted by atomic mass is 16.6. The van der Waals surface area contributed by atoms with Gasteiger partial charge in [-0.15, -0.1) is 0 Å². The Labute approximate surface area is 167 Å². The molecule has 3 aromatic rings. The summed E-state index contributed by atoms with van der Waals surface area (Å²) in [5.41, 5.74) is 2.87. The first kappa shape index (κ1) is 18.6. The molecule has 0 radical (unpaired) electrons. The van der Waals surface area contributed by atoms with E-state index in [4.69, 9.17) is 14.2 Å². The molecule has 0 saturated heterocycles. The Morgan fingerprint density at radius 1 is 1.21 bits per heavy atom. The van der Waals surface area contributed by atoms with Crippen LogP contribution in [0.1, 0.15) is 12.5 Å². The number of rotatable bonds is 5. The van der Waals surface area contributed by atoms with Crippen molar-refractivity contribution in [2.45, 2.75) is 13.0 Å². The van der Waals surface area contributed by atoms with E-state index < -0.39 is 12.0 Å². The molecule has 2 N–H and O–H groups in total. The molecule has 1 atom stereocenters. The van der Waals surface area contributed by atoms with Gasteiger partial charge in [-0.3, -0.25) is 4.79 Å². The molecule has 1 aliphatic heterocycles. The number of phenols is 1. The summed E-state index contributed by atoms with van der Waals surface area (Å²) in [5.74, 6) is 1.25. The fraction of sp³-hybridized carbons (Fsp3) is 0.182. The van der Waals surface area contributed by atoms with Gasteiger partial charge >= 0.3 is 0 Å². The highest BCUT2D eigenvalue weighted by molar-refractivity contribution is 5.88. The molecule has 0 unspecified atom stereocenters. The first-order valence-corrected chi connectivity index (χ1v) is 9.25. The average Bonchev–Trinajstić information content (AvgIpc) is 2.73. The van der Waals surface area contributed by atoms with Crippen LogP contribution in [0.2, 0.25) is 0 Å². The second kappa shape index (κ2) is 8.10. The maximum atomic E-state index is 12.4. The molecule has 29 heavy (non-hydrogen) atoms. The summed E-state index contributed by atoms with van der Waals surface area (Å²) in [7, 11) is 0. The number of nitrogens with one attached hydrogen (secondary N) is 1. The molecule has 3 aromatic carbocycles. The van der Waals surface area contributed by atoms with Crippen molar-refractivity contribution in [1.29, 1.82) is 0 Å². The highest BCUT2D eigenvalue weighted by Gasteiger charge is 2.27. The van der Waals surface area contributed by atoms with E-state index in [1.165, 1.54) is 12.3 Å². The van der Waals surface area contributed by atoms with Crippen LogP contribution in [-0.2, 0) is 4.79 Å². The first-order chi connectivity index (χ1) is 14.1. The number of amides is 1. The zero-order valence-corrected chi connectivity index (χ0v) is 15.8. The number of hydrogen-bond acceptors (Lipinski definition) is 6. The third-order valence-corrected chi connectivity index (χ3v) is 4.46. The molecule has 0 spiro atoms. The van der Waals surface area contributed by atoms with Crippen molar-refractivity contribution < 1.29 is 24.1 Å². The van der Waals surface area contributed by atoms with Crippen LogP contribution in [0.25, 0.3) is 10.8 Å². The monoisotopic (exact) mass is 392 g/mol. The lowest BCUT2D eigenvalue weighted by Crippen LogP contribution is -2.42. The summed E-state index contributed by atoms with van der Waals surface area (Å²) in [6.07, 6.45) is 0.531. The van der Waals surface area contributed by atoms with Crippen LogP contribution in [0, 0.1) is 0 Å². The van der Waals surface area contributed by atoms with E-state index in [1.54, 1.807) is 12.1 Å². The van der Waals surface area contributed by atoms with Gasteiger partial charge in [0.15, 0.2) is 11.5 Å². The predicted octanol–water partition coefficient (Wildman–Crippen LogP) is 3.23. The number of aromatic hydroxyl groups is 1. The fourth-order valence-corrected chi connectivity index (χ4v) is 3.01. The fourth-order valence-electron chi connectivity index (χ4n) is 3.01. The molecule has 1 amide bonds. The number of fused-ring (bicyclic) bond motifs is 2. The summed E-state index contributed by atoms with van der Waals surface area (Å²) in [4.78, 5) is 12.4. The number of phenolic OH excluding ortho intramolecular Hbond substituents is 1. The van der Waals surface area contributed by atoms with Crippen LogP contribution in [0.5, 0.6) is 23.0 Å². The lowest BCUT2D eigenvalue weighted by molar-refractivity contribution is -0.130. The molecule has 0 bridgehead atoms. The SMILES string of the molecule is CCOc1ccc(/C=N/NC(=O)[C@H]2COc3cc4ccccc4cc3O2)c(O)c1. The molecule has 0 saturated carbocycles. The van der Waals surface area contributed by atoms with Crippen molar-refractivity contribution in [1.82, 2.24) is 5.43 Å². The summed E-state index contributed by atoms with van der Waals surface area (Å²) in [6.45, 7) is 2.45. The van der Waals surface area contributed by atoms with E-state index in [0.717, 1.165) is 10.8 Å². The van der Waals surface area contributed by atoms with Gasteiger partial charge in [0.1, 0.15) is 18.1 Å². The minimum Gasteiger partial charge on any atom is -0.507 e. The Hall–Kier alpha value is -3.74. The van der Waals surface area contributed by atoms with Crippen LogP contribution >= 0.6 is 0 Å². The average molecular weight is 392 g/mol. The first-order valence-electron chi connectivity index (χ1n) is 9.25. The molecule has 0 aliphatic carbocycles. The summed E-state index contributed by atoms with van der Waals surface area (Å²) < 4.78 is 16.8. The molecule has 0 aromatic heterocycles. The van der Waals surface area contributed by atoms with Gasteiger partial charge in [-0.05, 0) is 42.0 Å². The zero-order chi connectivity index (χ0) is 20.2. The highest BCUT2D eigenvalue weighted by Crippen LogP contribution is 2.35. The van der Waals surface area contributed by atoms with Crippen LogP contribution in [-0.4, -0.2) is 36.5 Å². The predicted molar refractivity (Wildman–Crippen MR) is 109 cm³/mol. The summed E-state index contributed by atoms with van der Waals surface area (Å²) >= 11 is 0. The summed E-state index contributed by atoms with van der Waals surface area (Å²) in [6, 6.07) is 16.5. The normalized spacial score (nSPS) is 15.4. The van der Waals surface area contributed by atoms with Gasteiger partial charge in [0.25, 0.3) is 5.91 Å². The van der Waals surface area contributed by atoms with E-state index in [-0.39, 0.29) is 12.4 Å². The Morgan fingerprint density at radius 2 is 1.97 bits per heavy atom. The maximum absolute atomic E-state index is 12.4. The van der Waals surface area contributed by atoms with E-state index >= 15 is 0 Å². The number of hydrazone groups is 1. The van der Waals surface area contributed by atoms with Crippen molar-refractivity contribution in [3.8, 4) is 23.0 Å². The van der Waals surface area contributed by atoms with E-state index in [2.05, 4.69) is 10.5 Å². The van der Waals surface area contributed by atoms with Crippen molar-refractivity contribution in [2.24, 2.45) is 5.10 Å². The van der Waals surface area contributed by atoms with E-state index in [9.17, 15) is 9.90 Å². The maximum Gasteiger partial charge on any atom is 0.284 e. The number of benzene rings is 3. The molecular formula is C22H20N2O5. The minimum atomic E-state index is -0.824. The topological polar surface area (TPSA) is 89.4 Å². The lowest BCUT2D eigenvalue weighted by atomic mass is 10.1. The lowest BCUT2D eigenvalue weighted by Gasteiger charge is -2.25. The summed E-state index contributed by atoms with van der Waals surface area (Å²) in [5, 5.41) is 15.9. The van der Waals surface area contributed by atoms with Crippen molar-refractivity contribution in [3.05, 3.63) is 60.2 Å². The Bertz CT molecular complexity index is 1080. The van der Waals surface area contributed by atoms with Crippen molar-refractivity contribution >= 4 is 22.9 Å². The van der Waals surface area contributed by atoms with Gasteiger partial charge in [0, 0.05) is 11.6 Å². The molecule has 7 nitrogen and oxygen atoms in total. The van der Waals surface area contributed by atoms with Crippen LogP contribution in [0.4, 0.5) is 0 Å². The largest absolute Gasteiger partial charge is 0.507 e. The van der Waals surface area contributed by atoms with Crippen LogP contribution < -0.4 is 19.6 Å². The quantitative estimate of drug-likeness (QED) is 0.514. The van der Waals surface area contributed by atoms with E-state index in [0.29, 0.717) is 29.4 Å². The van der Waals surface area contributed by atoms with Crippen LogP contribution in [0.3, 0.4) is 0 Å². The van der Waals surface area contributed by atoms with Gasteiger partial charge in [-0.1, -0.05) is 24.3 Å². The standard InChI is InChI=1S/C22H20N2O5/c1-2-27-17-8-7-16(18(25)11-17)12-23-24-22(26)21-13-28-19-9-14-5-3-4-6-15(14)10-20(19)29-21/h3-12,21,25H,2,13H2,1H3,(H,24,26)/b23-12+/t21-/m1/s1. The van der Waals surface area contributed by atoms with Gasteiger partial charge in [0.2, 0.25) is 6.10 Å². The van der Waals surface area contributed by atoms with Crippen molar-refractivity contribution in [3.63, 3.8) is 0 Å². The number of carbonyl (C=O) groups is 1. The third kappa shape index (κ3) is 4.08. The van der Waals surface area contributed by atoms with Gasteiger partial charge in [-0.2, -0.15) is 5.10 Å². The Balaban J connectivity index is 1.41. The molecular weight excluding hydrogens is 372 g/mol. The number of carbonyl (C=O) groups excluding carboxylic acids is 1. The van der Waals surface area contributed by atoms with E-state index in [1.807, 2.05) is 43.3 Å². The minimum absolute atomic E-state index is 0.00649. The number of nitrogens with zero attached hydrogens (tertiary/aromatic N) is 1. The molecule has 1 heterocycles. The zero-order valence-electron chi connectivity index (χ0n) is 15.8. The van der Waals surface area contributed by atoms with Gasteiger partial charge in [0.05, 0.1) is 12.8 Å². The molecule has 4 rings (SSSR count). The second-order valence-corrected chi connectivity index (χ2v) is 6.45. The second-order valence-electron chi connectivity index (χ2n) is 6.45. The number of ether oxygens (including phenoxy) is 3. The molecule has 1 aliphatic rings. The molecule has 148 valence electrons. The Kier molecular flexibility index (Phi) is 5.20. The molecule has 7 heteroatoms. The smallest absolute Gasteiger partial charge is 0.284 e.